The molecule has 0 aromatic heterocycles. The highest BCUT2D eigenvalue weighted by Crippen LogP contribution is 2.27. The molecule has 200 valence electrons. The molecule has 2 saturated heterocycles. The van der Waals surface area contributed by atoms with Gasteiger partial charge in [-0.25, -0.2) is 0 Å². The van der Waals surface area contributed by atoms with Crippen molar-refractivity contribution < 1.29 is 79.9 Å². The molecule has 0 aliphatic carbocycles. The fourth-order valence-corrected chi connectivity index (χ4v) is 3.49. The van der Waals surface area contributed by atoms with Crippen molar-refractivity contribution >= 4 is 6.29 Å². The van der Waals surface area contributed by atoms with E-state index < -0.39 is 106 Å². The van der Waals surface area contributed by atoms with Gasteiger partial charge in [0.2, 0.25) is 0 Å². The zero-order chi connectivity index (χ0) is 25.7. The Morgan fingerprint density at radius 3 is 1.82 bits per heavy atom. The SMILES string of the molecule is O=C[C@H](O)[C@@H](O)[C@H](O[C@@H]1O[C@H](CO[C@@H]2O[C@H](CO)[C@H](O)[C@H](O)[C@H]2O)[C@H](O)[C@H](O)[C@H]1O)[C@H](O)CO. The van der Waals surface area contributed by atoms with E-state index in [4.69, 9.17) is 24.1 Å². The molecule has 2 fully saturated rings. The molecule has 0 radical (unpaired) electrons. The number of carbonyl (C=O) groups excluding carboxylic acids is 1. The van der Waals surface area contributed by atoms with Crippen LogP contribution in [0, 0.1) is 0 Å². The zero-order valence-corrected chi connectivity index (χ0v) is 17.7. The summed E-state index contributed by atoms with van der Waals surface area (Å²) in [5.74, 6) is 0. The van der Waals surface area contributed by atoms with Crippen LogP contribution in [0.1, 0.15) is 0 Å². The van der Waals surface area contributed by atoms with Crippen LogP contribution in [0.25, 0.3) is 0 Å². The molecule has 0 unspecified atom stereocenters. The van der Waals surface area contributed by atoms with Crippen LogP contribution in [0.15, 0.2) is 0 Å². The second kappa shape index (κ2) is 12.9. The molecule has 2 aliphatic heterocycles. The smallest absolute Gasteiger partial charge is 0.187 e. The van der Waals surface area contributed by atoms with Gasteiger partial charge in [-0.1, -0.05) is 0 Å². The average molecular weight is 504 g/mol. The first kappa shape index (κ1) is 29.3. The van der Waals surface area contributed by atoms with Gasteiger partial charge in [-0.3, -0.25) is 0 Å². The number of aliphatic hydroxyl groups excluding tert-OH is 11. The molecular formula is C18H32O16. The lowest BCUT2D eigenvalue weighted by atomic mass is 9.98. The molecule has 0 amide bonds. The van der Waals surface area contributed by atoms with E-state index in [1.54, 1.807) is 0 Å². The number of hydrogen-bond acceptors (Lipinski definition) is 16. The van der Waals surface area contributed by atoms with Crippen LogP contribution >= 0.6 is 0 Å². The highest BCUT2D eigenvalue weighted by molar-refractivity contribution is 5.56. The van der Waals surface area contributed by atoms with Gasteiger partial charge < -0.3 is 79.9 Å². The van der Waals surface area contributed by atoms with Crippen LogP contribution in [0.4, 0.5) is 0 Å². The third-order valence-electron chi connectivity index (χ3n) is 5.63. The van der Waals surface area contributed by atoms with E-state index in [0.29, 0.717) is 0 Å². The highest BCUT2D eigenvalue weighted by atomic mass is 16.7. The van der Waals surface area contributed by atoms with E-state index in [1.165, 1.54) is 0 Å². The maximum absolute atomic E-state index is 10.8. The van der Waals surface area contributed by atoms with E-state index >= 15 is 0 Å². The summed E-state index contributed by atoms with van der Waals surface area (Å²) in [6, 6.07) is 0. The Labute approximate surface area is 192 Å². The summed E-state index contributed by atoms with van der Waals surface area (Å²) in [4.78, 5) is 10.8. The van der Waals surface area contributed by atoms with Crippen LogP contribution in [-0.4, -0.2) is 168 Å². The molecule has 0 aromatic carbocycles. The van der Waals surface area contributed by atoms with Crippen LogP contribution in [0.5, 0.6) is 0 Å². The minimum Gasteiger partial charge on any atom is -0.394 e. The van der Waals surface area contributed by atoms with Crippen LogP contribution < -0.4 is 0 Å². The van der Waals surface area contributed by atoms with Gasteiger partial charge in [0.05, 0.1) is 19.8 Å². The minimum atomic E-state index is -2.08. The first-order chi connectivity index (χ1) is 16.0. The number of ether oxygens (including phenoxy) is 4. The van der Waals surface area contributed by atoms with Gasteiger partial charge in [-0.2, -0.15) is 0 Å². The molecule has 0 saturated carbocycles. The second-order valence-corrected chi connectivity index (χ2v) is 8.01. The molecule has 11 N–H and O–H groups in total. The molecule has 0 spiro atoms. The van der Waals surface area contributed by atoms with Crippen molar-refractivity contribution in [2.75, 3.05) is 19.8 Å². The van der Waals surface area contributed by atoms with Gasteiger partial charge >= 0.3 is 0 Å². The Morgan fingerprint density at radius 1 is 0.765 bits per heavy atom. The van der Waals surface area contributed by atoms with Crippen molar-refractivity contribution in [3.8, 4) is 0 Å². The van der Waals surface area contributed by atoms with E-state index in [0.717, 1.165) is 0 Å². The molecule has 0 aromatic rings. The maximum atomic E-state index is 10.8. The Balaban J connectivity index is 2.10. The van der Waals surface area contributed by atoms with Gasteiger partial charge in [-0.05, 0) is 0 Å². The van der Waals surface area contributed by atoms with Crippen molar-refractivity contribution in [3.05, 3.63) is 0 Å². The van der Waals surface area contributed by atoms with Gasteiger partial charge in [-0.15, -0.1) is 0 Å². The molecule has 34 heavy (non-hydrogen) atoms. The molecular weight excluding hydrogens is 472 g/mol. The van der Waals surface area contributed by atoms with Crippen molar-refractivity contribution in [1.29, 1.82) is 0 Å². The second-order valence-electron chi connectivity index (χ2n) is 8.01. The molecule has 14 atom stereocenters. The Morgan fingerprint density at radius 2 is 1.29 bits per heavy atom. The molecule has 0 bridgehead atoms. The Bertz CT molecular complexity index is 623. The third kappa shape index (κ3) is 6.44. The van der Waals surface area contributed by atoms with Gasteiger partial charge in [0.15, 0.2) is 18.9 Å². The minimum absolute atomic E-state index is 0.0704. The van der Waals surface area contributed by atoms with Crippen LogP contribution in [0.3, 0.4) is 0 Å². The van der Waals surface area contributed by atoms with E-state index in [2.05, 4.69) is 0 Å². The normalized spacial score (nSPS) is 42.6. The number of carbonyl (C=O) groups is 1. The predicted molar refractivity (Wildman–Crippen MR) is 102 cm³/mol. The topological polar surface area (TPSA) is 277 Å². The lowest BCUT2D eigenvalue weighted by Crippen LogP contribution is -2.63. The zero-order valence-electron chi connectivity index (χ0n) is 17.7. The summed E-state index contributed by atoms with van der Waals surface area (Å²) in [6.45, 7) is -2.39. The fraction of sp³-hybridized carbons (Fsp3) is 0.944. The summed E-state index contributed by atoms with van der Waals surface area (Å²) < 4.78 is 20.9. The first-order valence-electron chi connectivity index (χ1n) is 10.4. The lowest BCUT2D eigenvalue weighted by Gasteiger charge is -2.43. The molecule has 16 nitrogen and oxygen atoms in total. The van der Waals surface area contributed by atoms with Crippen molar-refractivity contribution in [3.63, 3.8) is 0 Å². The number of aliphatic hydroxyl groups is 11. The third-order valence-corrected chi connectivity index (χ3v) is 5.63. The van der Waals surface area contributed by atoms with Crippen LogP contribution in [-0.2, 0) is 23.7 Å². The number of aldehydes is 1. The van der Waals surface area contributed by atoms with Crippen molar-refractivity contribution in [2.45, 2.75) is 85.8 Å². The summed E-state index contributed by atoms with van der Waals surface area (Å²) in [5.41, 5.74) is 0. The van der Waals surface area contributed by atoms with Crippen molar-refractivity contribution in [1.82, 2.24) is 0 Å². The largest absolute Gasteiger partial charge is 0.394 e. The lowest BCUT2D eigenvalue weighted by molar-refractivity contribution is -0.343. The standard InChI is InChI=1S/C18H32O16/c19-1-5(22)9(24)16(6(23)2-20)34-18-15(30)13(28)11(26)8(33-18)4-31-17-14(29)12(27)10(25)7(3-21)32-17/h1,5-18,20-30H,2-4H2/t5-,6+,7+,8+,9+,10-,11-,12-,13-,14+,15+,16+,17+,18-/m0/s1. The maximum Gasteiger partial charge on any atom is 0.187 e. The highest BCUT2D eigenvalue weighted by Gasteiger charge is 2.49. The average Bonchev–Trinajstić information content (AvgIpc) is 2.84. The van der Waals surface area contributed by atoms with E-state index in [1.807, 2.05) is 0 Å². The van der Waals surface area contributed by atoms with Gasteiger partial charge in [0.25, 0.3) is 0 Å². The predicted octanol–water partition coefficient (Wildman–Crippen LogP) is -7.73. The number of rotatable bonds is 11. The van der Waals surface area contributed by atoms with Crippen molar-refractivity contribution in [2.24, 2.45) is 0 Å². The fourth-order valence-electron chi connectivity index (χ4n) is 3.49. The summed E-state index contributed by atoms with van der Waals surface area (Å²) in [6.07, 6.45) is -25.1. The molecule has 16 heteroatoms. The van der Waals surface area contributed by atoms with E-state index in [9.17, 15) is 55.9 Å². The number of hydrogen-bond donors (Lipinski definition) is 11. The monoisotopic (exact) mass is 504 g/mol. The quantitative estimate of drug-likeness (QED) is 0.117. The Hall–Kier alpha value is -0.930. The van der Waals surface area contributed by atoms with Gasteiger partial charge in [0.1, 0.15) is 73.2 Å². The molecule has 2 heterocycles. The van der Waals surface area contributed by atoms with E-state index in [-0.39, 0.29) is 6.29 Å². The Kier molecular flexibility index (Phi) is 11.1. The molecule has 2 aliphatic rings. The van der Waals surface area contributed by atoms with Crippen LogP contribution in [0.2, 0.25) is 0 Å². The summed E-state index contributed by atoms with van der Waals surface area (Å²) in [7, 11) is 0. The first-order valence-corrected chi connectivity index (χ1v) is 10.4. The molecule has 2 rings (SSSR count). The van der Waals surface area contributed by atoms with Gasteiger partial charge in [0, 0.05) is 0 Å². The summed E-state index contributed by atoms with van der Waals surface area (Å²) >= 11 is 0. The summed E-state index contributed by atoms with van der Waals surface area (Å²) in [5, 5.41) is 108.